The van der Waals surface area contributed by atoms with E-state index in [4.69, 9.17) is 5.73 Å². The first-order chi connectivity index (χ1) is 8.63. The molecule has 1 aromatic heterocycles. The highest BCUT2D eigenvalue weighted by Gasteiger charge is 2.33. The number of nitrogens with zero attached hydrogens (tertiary/aromatic N) is 5. The Morgan fingerprint density at radius 3 is 2.94 bits per heavy atom. The van der Waals surface area contributed by atoms with Crippen molar-refractivity contribution in [2.45, 2.75) is 25.8 Å². The minimum Gasteiger partial charge on any atom is -0.338 e. The van der Waals surface area contributed by atoms with Gasteiger partial charge in [-0.15, -0.1) is 5.10 Å². The first kappa shape index (κ1) is 12.9. The Labute approximate surface area is 106 Å². The van der Waals surface area contributed by atoms with Crippen molar-refractivity contribution in [1.29, 1.82) is 0 Å². The molecule has 100 valence electrons. The van der Waals surface area contributed by atoms with Crippen molar-refractivity contribution >= 4 is 5.91 Å². The molecule has 2 rings (SSSR count). The molecule has 18 heavy (non-hydrogen) atoms. The van der Waals surface area contributed by atoms with Crippen molar-refractivity contribution in [3.05, 3.63) is 5.82 Å². The molecule has 1 aliphatic carbocycles. The van der Waals surface area contributed by atoms with E-state index in [1.807, 2.05) is 0 Å². The van der Waals surface area contributed by atoms with Crippen LogP contribution in [0.4, 0.5) is 0 Å². The number of carbonyl (C=O) groups excluding carboxylic acids is 1. The molecule has 2 N–H and O–H groups in total. The third-order valence-corrected chi connectivity index (χ3v) is 3.74. The second-order valence-corrected chi connectivity index (χ2v) is 4.95. The molecule has 0 saturated heterocycles. The van der Waals surface area contributed by atoms with Crippen molar-refractivity contribution in [2.75, 3.05) is 13.6 Å². The second-order valence-electron chi connectivity index (χ2n) is 4.95. The summed E-state index contributed by atoms with van der Waals surface area (Å²) in [6, 6.07) is 0. The minimum atomic E-state index is 0.0705. The molecule has 1 fully saturated rings. The van der Waals surface area contributed by atoms with Crippen LogP contribution in [0, 0.1) is 11.8 Å². The van der Waals surface area contributed by atoms with E-state index in [0.29, 0.717) is 24.8 Å². The molecule has 1 heterocycles. The number of carbonyl (C=O) groups is 1. The molecule has 0 spiro atoms. The van der Waals surface area contributed by atoms with E-state index in [-0.39, 0.29) is 11.8 Å². The molecule has 0 unspecified atom stereocenters. The van der Waals surface area contributed by atoms with Gasteiger partial charge < -0.3 is 10.6 Å². The van der Waals surface area contributed by atoms with E-state index in [2.05, 4.69) is 15.5 Å². The number of aromatic nitrogens is 4. The average molecular weight is 252 g/mol. The Kier molecular flexibility index (Phi) is 3.90. The summed E-state index contributed by atoms with van der Waals surface area (Å²) in [5.41, 5.74) is 5.72. The van der Waals surface area contributed by atoms with Gasteiger partial charge in [0.05, 0.1) is 6.54 Å². The van der Waals surface area contributed by atoms with E-state index in [1.54, 1.807) is 23.7 Å². The van der Waals surface area contributed by atoms with E-state index >= 15 is 0 Å². The SMILES string of the molecule is CN(Cc1nnnn1C)C(=O)[C@@H]1CCC[C@@H]1CN. The molecule has 2 atom stereocenters. The molecule has 7 nitrogen and oxygen atoms in total. The number of aryl methyl sites for hydroxylation is 1. The lowest BCUT2D eigenvalue weighted by Crippen LogP contribution is -2.36. The zero-order chi connectivity index (χ0) is 13.1. The highest BCUT2D eigenvalue weighted by Crippen LogP contribution is 2.32. The van der Waals surface area contributed by atoms with E-state index in [0.717, 1.165) is 19.3 Å². The topological polar surface area (TPSA) is 89.9 Å². The molecule has 1 saturated carbocycles. The zero-order valence-electron chi connectivity index (χ0n) is 10.9. The predicted octanol–water partition coefficient (Wildman–Crippen LogP) is -0.456. The van der Waals surface area contributed by atoms with Crippen molar-refractivity contribution < 1.29 is 4.79 Å². The van der Waals surface area contributed by atoms with Crippen LogP contribution in [-0.4, -0.2) is 44.6 Å². The van der Waals surface area contributed by atoms with Crippen LogP contribution in [0.1, 0.15) is 25.1 Å². The lowest BCUT2D eigenvalue weighted by Gasteiger charge is -2.23. The smallest absolute Gasteiger partial charge is 0.226 e. The van der Waals surface area contributed by atoms with Crippen molar-refractivity contribution in [3.8, 4) is 0 Å². The number of hydrogen-bond donors (Lipinski definition) is 1. The number of amides is 1. The lowest BCUT2D eigenvalue weighted by atomic mass is 9.95. The van der Waals surface area contributed by atoms with Crippen LogP contribution in [0.2, 0.25) is 0 Å². The highest BCUT2D eigenvalue weighted by molar-refractivity contribution is 5.79. The summed E-state index contributed by atoms with van der Waals surface area (Å²) in [5, 5.41) is 11.2. The van der Waals surface area contributed by atoms with Crippen molar-refractivity contribution in [2.24, 2.45) is 24.6 Å². The summed E-state index contributed by atoms with van der Waals surface area (Å²) in [6.07, 6.45) is 3.10. The van der Waals surface area contributed by atoms with Gasteiger partial charge >= 0.3 is 0 Å². The average Bonchev–Trinajstić information content (AvgIpc) is 2.97. The van der Waals surface area contributed by atoms with Gasteiger partial charge in [0.25, 0.3) is 0 Å². The van der Waals surface area contributed by atoms with Gasteiger partial charge in [0.15, 0.2) is 5.82 Å². The Morgan fingerprint density at radius 1 is 1.56 bits per heavy atom. The summed E-state index contributed by atoms with van der Waals surface area (Å²) in [6.45, 7) is 1.03. The fourth-order valence-corrected chi connectivity index (χ4v) is 2.60. The molecule has 7 heteroatoms. The van der Waals surface area contributed by atoms with Crippen LogP contribution in [-0.2, 0) is 18.4 Å². The zero-order valence-corrected chi connectivity index (χ0v) is 10.9. The van der Waals surface area contributed by atoms with Crippen LogP contribution in [0.15, 0.2) is 0 Å². The normalized spacial score (nSPS) is 23.3. The Morgan fingerprint density at radius 2 is 2.33 bits per heavy atom. The van der Waals surface area contributed by atoms with Gasteiger partial charge in [0, 0.05) is 20.0 Å². The third-order valence-electron chi connectivity index (χ3n) is 3.74. The molecule has 0 aliphatic heterocycles. The molecule has 1 amide bonds. The largest absolute Gasteiger partial charge is 0.338 e. The molecule has 1 aliphatic rings. The summed E-state index contributed by atoms with van der Waals surface area (Å²) in [4.78, 5) is 14.0. The number of tetrazole rings is 1. The molecule has 1 aromatic rings. The van der Waals surface area contributed by atoms with Crippen LogP contribution >= 0.6 is 0 Å². The van der Waals surface area contributed by atoms with E-state index in [9.17, 15) is 4.79 Å². The standard InChI is InChI=1S/C11H20N6O/c1-16(7-10-13-14-15-17(10)2)11(18)9-5-3-4-8(9)6-12/h8-9H,3-7,12H2,1-2H3/t8-,9-/m1/s1. The van der Waals surface area contributed by atoms with Gasteiger partial charge in [0.1, 0.15) is 0 Å². The molecular weight excluding hydrogens is 232 g/mol. The maximum Gasteiger partial charge on any atom is 0.226 e. The van der Waals surface area contributed by atoms with Gasteiger partial charge in [-0.1, -0.05) is 6.42 Å². The number of hydrogen-bond acceptors (Lipinski definition) is 5. The monoisotopic (exact) mass is 252 g/mol. The molecule has 0 radical (unpaired) electrons. The molecule has 0 bridgehead atoms. The summed E-state index contributed by atoms with van der Waals surface area (Å²) < 4.78 is 1.58. The van der Waals surface area contributed by atoms with Crippen LogP contribution in [0.5, 0.6) is 0 Å². The third kappa shape index (κ3) is 2.50. The van der Waals surface area contributed by atoms with Crippen molar-refractivity contribution in [3.63, 3.8) is 0 Å². The first-order valence-electron chi connectivity index (χ1n) is 6.29. The predicted molar refractivity (Wildman–Crippen MR) is 65.2 cm³/mol. The first-order valence-corrected chi connectivity index (χ1v) is 6.29. The van der Waals surface area contributed by atoms with E-state index < -0.39 is 0 Å². The van der Waals surface area contributed by atoms with Gasteiger partial charge in [-0.25, -0.2) is 4.68 Å². The van der Waals surface area contributed by atoms with Crippen LogP contribution in [0.3, 0.4) is 0 Å². The highest BCUT2D eigenvalue weighted by atomic mass is 16.2. The van der Waals surface area contributed by atoms with Crippen LogP contribution < -0.4 is 5.73 Å². The van der Waals surface area contributed by atoms with Gasteiger partial charge in [0.2, 0.25) is 5.91 Å². The number of nitrogens with two attached hydrogens (primary N) is 1. The van der Waals surface area contributed by atoms with E-state index in [1.165, 1.54) is 0 Å². The molecule has 0 aromatic carbocycles. The fourth-order valence-electron chi connectivity index (χ4n) is 2.60. The lowest BCUT2D eigenvalue weighted by molar-refractivity contribution is -0.135. The number of rotatable bonds is 4. The Hall–Kier alpha value is -1.50. The quantitative estimate of drug-likeness (QED) is 0.783. The second kappa shape index (κ2) is 5.43. The van der Waals surface area contributed by atoms with Gasteiger partial charge in [-0.3, -0.25) is 4.79 Å². The Balaban J connectivity index is 1.98. The fraction of sp³-hybridized carbons (Fsp3) is 0.818. The Bertz CT molecular complexity index is 417. The van der Waals surface area contributed by atoms with Gasteiger partial charge in [-0.2, -0.15) is 0 Å². The van der Waals surface area contributed by atoms with Crippen molar-refractivity contribution in [1.82, 2.24) is 25.1 Å². The maximum atomic E-state index is 12.3. The maximum absolute atomic E-state index is 12.3. The summed E-state index contributed by atoms with van der Waals surface area (Å²) in [5.74, 6) is 1.25. The van der Waals surface area contributed by atoms with Crippen LogP contribution in [0.25, 0.3) is 0 Å². The minimum absolute atomic E-state index is 0.0705. The summed E-state index contributed by atoms with van der Waals surface area (Å²) in [7, 11) is 3.56. The molecular formula is C11H20N6O. The summed E-state index contributed by atoms with van der Waals surface area (Å²) >= 11 is 0. The van der Waals surface area contributed by atoms with Gasteiger partial charge in [-0.05, 0) is 35.7 Å².